The molecule has 0 spiro atoms. The van der Waals surface area contributed by atoms with Gasteiger partial charge in [0, 0.05) is 11.8 Å². The second-order valence-corrected chi connectivity index (χ2v) is 6.51. The Morgan fingerprint density at radius 3 is 2.60 bits per heavy atom. The number of hydrogen-bond donors (Lipinski definition) is 1. The van der Waals surface area contributed by atoms with Crippen LogP contribution >= 0.6 is 0 Å². The van der Waals surface area contributed by atoms with Gasteiger partial charge < -0.3 is 9.84 Å². The summed E-state index contributed by atoms with van der Waals surface area (Å²) in [5.74, 6) is 1.86. The molecule has 25 heavy (non-hydrogen) atoms. The first-order valence-electron chi connectivity index (χ1n) is 8.18. The molecule has 1 atom stereocenters. The van der Waals surface area contributed by atoms with Gasteiger partial charge in [0.15, 0.2) is 5.58 Å². The maximum atomic E-state index is 13.0. The van der Waals surface area contributed by atoms with E-state index in [1.54, 1.807) is 0 Å². The normalized spacial score (nSPS) is 12.5. The second kappa shape index (κ2) is 6.82. The van der Waals surface area contributed by atoms with Crippen molar-refractivity contribution < 1.29 is 9.32 Å². The molecule has 126 valence electrons. The molecule has 0 aliphatic heterocycles. The Kier molecular flexibility index (Phi) is 4.58. The molecule has 0 bridgehead atoms. The molecule has 4 heteroatoms. The van der Waals surface area contributed by atoms with Gasteiger partial charge in [0.05, 0.1) is 11.5 Å². The minimum atomic E-state index is -0.559. The third-order valence-electron chi connectivity index (χ3n) is 4.31. The molecule has 1 N–H and O–H groups in total. The summed E-state index contributed by atoms with van der Waals surface area (Å²) in [7, 11) is 0. The molecule has 0 radical (unpaired) electrons. The van der Waals surface area contributed by atoms with E-state index in [0.29, 0.717) is 11.3 Å². The SMILES string of the molecule is C#CCC(C(=O)NC(C)(C)c1ccccc1)c1noc2ccccc12. The van der Waals surface area contributed by atoms with Crippen LogP contribution in [0.3, 0.4) is 0 Å². The Balaban J connectivity index is 1.91. The highest BCUT2D eigenvalue weighted by molar-refractivity contribution is 5.90. The van der Waals surface area contributed by atoms with Gasteiger partial charge in [0.1, 0.15) is 5.69 Å². The first kappa shape index (κ1) is 16.8. The van der Waals surface area contributed by atoms with Crippen molar-refractivity contribution in [2.45, 2.75) is 31.7 Å². The van der Waals surface area contributed by atoms with Gasteiger partial charge in [0.25, 0.3) is 0 Å². The van der Waals surface area contributed by atoms with Crippen molar-refractivity contribution in [3.63, 3.8) is 0 Å². The molecular weight excluding hydrogens is 312 g/mol. The maximum absolute atomic E-state index is 13.0. The maximum Gasteiger partial charge on any atom is 0.230 e. The Bertz CT molecular complexity index is 920. The molecule has 2 aromatic carbocycles. The highest BCUT2D eigenvalue weighted by Crippen LogP contribution is 2.29. The zero-order valence-corrected chi connectivity index (χ0v) is 14.3. The van der Waals surface area contributed by atoms with E-state index in [1.165, 1.54) is 0 Å². The molecule has 4 nitrogen and oxygen atoms in total. The topological polar surface area (TPSA) is 55.1 Å². The minimum absolute atomic E-state index is 0.161. The van der Waals surface area contributed by atoms with E-state index in [9.17, 15) is 4.79 Å². The standard InChI is InChI=1S/C21H20N2O2/c1-4-10-17(19-16-13-8-9-14-18(16)25-23-19)20(24)22-21(2,3)15-11-6-5-7-12-15/h1,5-9,11-14,17H,10H2,2-3H3,(H,22,24). The molecule has 0 aliphatic rings. The van der Waals surface area contributed by atoms with Crippen molar-refractivity contribution in [3.05, 3.63) is 65.9 Å². The van der Waals surface area contributed by atoms with E-state index < -0.39 is 11.5 Å². The lowest BCUT2D eigenvalue weighted by molar-refractivity contribution is -0.124. The number of nitrogens with one attached hydrogen (secondary N) is 1. The number of aromatic nitrogens is 1. The fraction of sp³-hybridized carbons (Fsp3) is 0.238. The van der Waals surface area contributed by atoms with Crippen LogP contribution in [0.25, 0.3) is 11.0 Å². The Morgan fingerprint density at radius 1 is 1.20 bits per heavy atom. The van der Waals surface area contributed by atoms with Crippen molar-refractivity contribution in [2.24, 2.45) is 0 Å². The van der Waals surface area contributed by atoms with Crippen molar-refractivity contribution >= 4 is 16.9 Å². The number of amides is 1. The molecule has 1 aromatic heterocycles. The third kappa shape index (κ3) is 3.41. The van der Waals surface area contributed by atoms with Crippen molar-refractivity contribution in [1.82, 2.24) is 10.5 Å². The van der Waals surface area contributed by atoms with Gasteiger partial charge >= 0.3 is 0 Å². The molecule has 1 amide bonds. The van der Waals surface area contributed by atoms with Crippen LogP contribution in [0.2, 0.25) is 0 Å². The Labute approximate surface area is 147 Å². The Morgan fingerprint density at radius 2 is 1.88 bits per heavy atom. The third-order valence-corrected chi connectivity index (χ3v) is 4.31. The molecule has 0 aliphatic carbocycles. The van der Waals surface area contributed by atoms with Crippen LogP contribution in [0.1, 0.15) is 37.4 Å². The van der Waals surface area contributed by atoms with Crippen LogP contribution in [-0.2, 0) is 10.3 Å². The van der Waals surface area contributed by atoms with E-state index >= 15 is 0 Å². The number of nitrogens with zero attached hydrogens (tertiary/aromatic N) is 1. The van der Waals surface area contributed by atoms with Gasteiger partial charge in [0.2, 0.25) is 5.91 Å². The van der Waals surface area contributed by atoms with E-state index in [-0.39, 0.29) is 12.3 Å². The summed E-state index contributed by atoms with van der Waals surface area (Å²) in [6, 6.07) is 17.3. The molecule has 3 aromatic rings. The molecule has 0 fully saturated rings. The number of carbonyl (C=O) groups is 1. The van der Waals surface area contributed by atoms with Crippen LogP contribution in [0.15, 0.2) is 59.1 Å². The Hall–Kier alpha value is -3.06. The zero-order valence-electron chi connectivity index (χ0n) is 14.3. The highest BCUT2D eigenvalue weighted by atomic mass is 16.5. The van der Waals surface area contributed by atoms with Gasteiger partial charge in [-0.1, -0.05) is 47.6 Å². The predicted molar refractivity (Wildman–Crippen MR) is 97.8 cm³/mol. The summed E-state index contributed by atoms with van der Waals surface area (Å²) in [6.45, 7) is 3.93. The summed E-state index contributed by atoms with van der Waals surface area (Å²) in [5.41, 5.74) is 1.72. The fourth-order valence-electron chi connectivity index (χ4n) is 2.91. The monoisotopic (exact) mass is 332 g/mol. The van der Waals surface area contributed by atoms with Gasteiger partial charge in [-0.3, -0.25) is 4.79 Å². The van der Waals surface area contributed by atoms with E-state index in [4.69, 9.17) is 10.9 Å². The lowest BCUT2D eigenvalue weighted by atomic mass is 9.91. The molecule has 1 heterocycles. The van der Waals surface area contributed by atoms with Crippen LogP contribution in [-0.4, -0.2) is 11.1 Å². The number of benzene rings is 2. The fourth-order valence-corrected chi connectivity index (χ4v) is 2.91. The zero-order chi connectivity index (χ0) is 17.9. The van der Waals surface area contributed by atoms with E-state index in [0.717, 1.165) is 10.9 Å². The van der Waals surface area contributed by atoms with Gasteiger partial charge in [-0.15, -0.1) is 12.3 Å². The largest absolute Gasteiger partial charge is 0.356 e. The smallest absolute Gasteiger partial charge is 0.230 e. The van der Waals surface area contributed by atoms with Crippen molar-refractivity contribution in [2.75, 3.05) is 0 Å². The highest BCUT2D eigenvalue weighted by Gasteiger charge is 2.30. The number of rotatable bonds is 5. The van der Waals surface area contributed by atoms with Crippen molar-refractivity contribution in [1.29, 1.82) is 0 Å². The average molecular weight is 332 g/mol. The number of hydrogen-bond acceptors (Lipinski definition) is 3. The molecule has 0 saturated heterocycles. The second-order valence-electron chi connectivity index (χ2n) is 6.51. The van der Waals surface area contributed by atoms with E-state index in [1.807, 2.05) is 68.4 Å². The van der Waals surface area contributed by atoms with Gasteiger partial charge in [-0.2, -0.15) is 0 Å². The first-order chi connectivity index (χ1) is 12.0. The summed E-state index contributed by atoms with van der Waals surface area (Å²) in [5, 5.41) is 8.02. The lowest BCUT2D eigenvalue weighted by Crippen LogP contribution is -2.43. The molecule has 3 rings (SSSR count). The lowest BCUT2D eigenvalue weighted by Gasteiger charge is -2.28. The first-order valence-corrected chi connectivity index (χ1v) is 8.18. The predicted octanol–water partition coefficient (Wildman–Crippen LogP) is 3.99. The summed E-state index contributed by atoms with van der Waals surface area (Å²) < 4.78 is 5.34. The van der Waals surface area contributed by atoms with Crippen LogP contribution in [0.4, 0.5) is 0 Å². The molecule has 0 saturated carbocycles. The quantitative estimate of drug-likeness (QED) is 0.719. The van der Waals surface area contributed by atoms with Crippen LogP contribution < -0.4 is 5.32 Å². The number of terminal acetylenes is 1. The van der Waals surface area contributed by atoms with Gasteiger partial charge in [-0.05, 0) is 31.5 Å². The molecular formula is C21H20N2O2. The minimum Gasteiger partial charge on any atom is -0.356 e. The van der Waals surface area contributed by atoms with Gasteiger partial charge in [-0.25, -0.2) is 0 Å². The number of fused-ring (bicyclic) bond motifs is 1. The summed E-state index contributed by atoms with van der Waals surface area (Å²) in [6.07, 6.45) is 5.76. The number of carbonyl (C=O) groups excluding carboxylic acids is 1. The van der Waals surface area contributed by atoms with E-state index in [2.05, 4.69) is 16.4 Å². The van der Waals surface area contributed by atoms with Crippen molar-refractivity contribution in [3.8, 4) is 12.3 Å². The van der Waals surface area contributed by atoms with Crippen LogP contribution in [0.5, 0.6) is 0 Å². The van der Waals surface area contributed by atoms with Crippen LogP contribution in [0, 0.1) is 12.3 Å². The number of para-hydroxylation sites is 1. The summed E-state index contributed by atoms with van der Waals surface area (Å²) >= 11 is 0. The molecule has 1 unspecified atom stereocenters. The average Bonchev–Trinajstić information content (AvgIpc) is 3.04. The summed E-state index contributed by atoms with van der Waals surface area (Å²) in [4.78, 5) is 13.0.